The molecule has 0 radical (unpaired) electrons. The number of benzene rings is 9. The molecule has 0 bridgehead atoms. The van der Waals surface area contributed by atoms with Crippen molar-refractivity contribution in [3.63, 3.8) is 0 Å². The summed E-state index contributed by atoms with van der Waals surface area (Å²) in [4.78, 5) is 182. The summed E-state index contributed by atoms with van der Waals surface area (Å²) < 4.78 is 117. The first-order valence-electron chi connectivity index (χ1n) is 42.7. The fraction of sp³-hybridized carbons (Fsp3) is 0.327. The zero-order valence-corrected chi connectivity index (χ0v) is 72.2. The summed E-state index contributed by atoms with van der Waals surface area (Å²) in [5.41, 5.74) is 0.354. The Hall–Kier alpha value is -12.8. The van der Waals surface area contributed by atoms with Crippen molar-refractivity contribution in [3.8, 4) is 0 Å². The van der Waals surface area contributed by atoms with Gasteiger partial charge in [0.2, 0.25) is 0 Å². The van der Waals surface area contributed by atoms with Gasteiger partial charge in [-0.15, -0.1) is 0 Å². The number of nitrogens with zero attached hydrogens (tertiary/aromatic N) is 4. The molecule has 8 aliphatic rings. The summed E-state index contributed by atoms with van der Waals surface area (Å²) in [6, 6.07) is 56.5. The summed E-state index contributed by atoms with van der Waals surface area (Å²) in [6.07, 6.45) is -26.3. The van der Waals surface area contributed by atoms with E-state index in [1.165, 1.54) is 97.1 Å². The highest BCUT2D eigenvalue weighted by atomic mass is 32.2. The number of hydrogen-bond donors (Lipinski definition) is 1. The van der Waals surface area contributed by atoms with E-state index in [9.17, 15) is 38.3 Å². The van der Waals surface area contributed by atoms with E-state index in [0.717, 1.165) is 59.1 Å². The minimum atomic E-state index is -2.11. The van der Waals surface area contributed by atoms with Crippen LogP contribution >= 0.6 is 11.8 Å². The lowest BCUT2D eigenvalue weighted by atomic mass is 9.93. The Morgan fingerprint density at radius 1 is 0.295 bits per heavy atom. The lowest BCUT2D eigenvalue weighted by Gasteiger charge is -2.51. The minimum absolute atomic E-state index is 0.0168. The first-order chi connectivity index (χ1) is 64.0. The van der Waals surface area contributed by atoms with E-state index in [1.807, 2.05) is 0 Å². The van der Waals surface area contributed by atoms with Crippen molar-refractivity contribution in [1.82, 2.24) is 19.6 Å². The van der Waals surface area contributed by atoms with Gasteiger partial charge >= 0.3 is 23.9 Å². The third-order valence-corrected chi connectivity index (χ3v) is 25.0. The van der Waals surface area contributed by atoms with Crippen molar-refractivity contribution in [3.05, 3.63) is 315 Å². The molecule has 9 aromatic rings. The molecule has 17 rings (SSSR count). The van der Waals surface area contributed by atoms with Crippen LogP contribution in [0.1, 0.15) is 133 Å². The van der Waals surface area contributed by atoms with Crippen LogP contribution in [0.25, 0.3) is 0 Å². The summed E-state index contributed by atoms with van der Waals surface area (Å²) in [7, 11) is 0. The SMILES string of the molecule is CC(=O)O[C@H]1[C@H](OCc2ccccc2)[C@@H](CO[C@@H]2O[C@H](CO[C@@H]3O[C@H](CO[C@@H]4O[C@H](CO)[C@@H](OCc5ccccc5)[C@H](OC(C)=O)[C@H]4N4C(=O)c5ccccc5C4=O)[C@@H](OCc4ccccc4)[C@H](OC(C)=O)[C@H]3N3C(=O)c4ccccc4C3=O)[C@@H](OCc3ccccc3)[C@H](OC(C)=O)[C@H]2N2C(=O)c3ccccc3C2=O)O[C@@H](Sc2ccc(F)cc2)[C@@H]1N1C(=O)c2ccccc2C1=O. The standard InChI is InChI=1S/C98H89FN4O28S/c1-53(105)124-83-75(100-87(109)63-33-17-18-34-64(63)88(100)110)95(128-71(45-104)79(83)117-46-57-25-9-5-10-26-57)121-50-72-80(118-47-58-27-11-6-12-28-58)84(125-54(2)106)76(101-89(111)65-35-19-20-36-66(65)90(101)112)96(129-72)122-51-73-81(119-48-59-29-13-7-14-30-59)85(126-55(3)107)77(102-91(113)67-37-21-22-38-68(67)92(102)114)97(130-73)123-52-74-82(120-49-60-31-15-8-16-32-60)86(127-56(4)108)78(98(131-74)132-62-43-41-61(99)42-44-62)103-93(115)69-39-23-24-40-70(69)94(103)116/h5-44,71-86,95-98,104H,45-52H2,1-4H3/t71-,72-,73-,74-,75-,76-,77-,78-,79-,80-,81-,82-,83-,84-,85-,86-,95-,96-,97-,98+/m1/s1. The number of rotatable bonds is 32. The molecule has 4 fully saturated rings. The molecular weight excluding hydrogens is 1730 g/mol. The summed E-state index contributed by atoms with van der Waals surface area (Å²) in [5.74, 6) is -11.5. The molecule has 0 aromatic heterocycles. The minimum Gasteiger partial charge on any atom is -0.457 e. The Balaban J connectivity index is 0.787. The number of fused-ring (bicyclic) bond motifs is 4. The van der Waals surface area contributed by atoms with Crippen LogP contribution in [-0.2, 0) is 117 Å². The van der Waals surface area contributed by atoms with Crippen molar-refractivity contribution in [2.24, 2.45) is 0 Å². The monoisotopic (exact) mass is 1820 g/mol. The van der Waals surface area contributed by atoms with Gasteiger partial charge in [0.25, 0.3) is 47.3 Å². The number of aliphatic hydroxyl groups excluding tert-OH is 1. The van der Waals surface area contributed by atoms with Gasteiger partial charge in [-0.3, -0.25) is 77.1 Å². The van der Waals surface area contributed by atoms with E-state index in [4.69, 9.17) is 71.1 Å². The van der Waals surface area contributed by atoms with Gasteiger partial charge in [0.15, 0.2) is 43.3 Å². The molecule has 20 atom stereocenters. The molecule has 8 amide bonds. The maximum Gasteiger partial charge on any atom is 0.303 e. The maximum absolute atomic E-state index is 15.5. The van der Waals surface area contributed by atoms with Crippen LogP contribution in [0.4, 0.5) is 4.39 Å². The third-order valence-electron chi connectivity index (χ3n) is 23.8. The lowest BCUT2D eigenvalue weighted by Crippen LogP contribution is -2.70. The summed E-state index contributed by atoms with van der Waals surface area (Å²) >= 11 is 0.918. The topological polar surface area (TPSA) is 376 Å². The van der Waals surface area contributed by atoms with Gasteiger partial charge in [-0.05, 0) is 95.1 Å². The number of imide groups is 4. The number of hydrogen-bond acceptors (Lipinski definition) is 29. The van der Waals surface area contributed by atoms with Crippen LogP contribution in [0, 0.1) is 5.82 Å². The van der Waals surface area contributed by atoms with Crippen molar-refractivity contribution < 1.29 is 138 Å². The number of amides is 8. The molecule has 0 spiro atoms. The molecule has 0 unspecified atom stereocenters. The molecule has 132 heavy (non-hydrogen) atoms. The average Bonchev–Trinajstić information content (AvgIpc) is 1.50. The van der Waals surface area contributed by atoms with E-state index in [0.29, 0.717) is 27.1 Å². The van der Waals surface area contributed by atoms with Crippen molar-refractivity contribution in [2.75, 3.05) is 26.4 Å². The van der Waals surface area contributed by atoms with Gasteiger partial charge in [0, 0.05) is 32.6 Å². The largest absolute Gasteiger partial charge is 0.457 e. The third kappa shape index (κ3) is 18.8. The average molecular weight is 1820 g/mol. The molecule has 0 saturated carbocycles. The summed E-state index contributed by atoms with van der Waals surface area (Å²) in [5, 5.41) is 11.4. The van der Waals surface area contributed by atoms with Crippen LogP contribution in [0.5, 0.6) is 0 Å². The van der Waals surface area contributed by atoms with Gasteiger partial charge in [0.1, 0.15) is 84.3 Å². The molecule has 34 heteroatoms. The Morgan fingerprint density at radius 3 is 0.780 bits per heavy atom. The smallest absolute Gasteiger partial charge is 0.303 e. The van der Waals surface area contributed by atoms with Gasteiger partial charge < -0.3 is 76.2 Å². The molecule has 32 nitrogen and oxygen atoms in total. The zero-order chi connectivity index (χ0) is 92.1. The van der Waals surface area contributed by atoms with Crippen molar-refractivity contribution >= 4 is 82.9 Å². The normalized spacial score (nSPS) is 27.3. The second kappa shape index (κ2) is 40.1. The quantitative estimate of drug-likeness (QED) is 0.0233. The second-order valence-corrected chi connectivity index (χ2v) is 33.5. The number of thioether (sulfide) groups is 1. The van der Waals surface area contributed by atoms with Gasteiger partial charge in [-0.25, -0.2) is 4.39 Å². The molecule has 9 aromatic carbocycles. The van der Waals surface area contributed by atoms with E-state index < -0.39 is 225 Å². The Bertz CT molecular complexity index is 5690. The first kappa shape index (κ1) is 91.1. The predicted octanol–water partition coefficient (Wildman–Crippen LogP) is 9.59. The van der Waals surface area contributed by atoms with Crippen LogP contribution in [0.3, 0.4) is 0 Å². The highest BCUT2D eigenvalue weighted by molar-refractivity contribution is 7.99. The molecule has 1 N–H and O–H groups in total. The number of halogens is 1. The van der Waals surface area contributed by atoms with E-state index in [-0.39, 0.29) is 70.9 Å². The molecule has 0 aliphatic carbocycles. The van der Waals surface area contributed by atoms with Gasteiger partial charge in [-0.1, -0.05) is 182 Å². The highest BCUT2D eigenvalue weighted by Gasteiger charge is 2.63. The number of aliphatic hydroxyl groups is 1. The highest BCUT2D eigenvalue weighted by Crippen LogP contribution is 2.46. The number of carbonyl (C=O) groups is 12. The van der Waals surface area contributed by atoms with Gasteiger partial charge in [-0.2, -0.15) is 0 Å². The Labute approximate surface area is 759 Å². The van der Waals surface area contributed by atoms with Crippen LogP contribution in [-0.4, -0.2) is 244 Å². The molecule has 8 heterocycles. The fourth-order valence-electron chi connectivity index (χ4n) is 18.0. The fourth-order valence-corrected chi connectivity index (χ4v) is 19.2. The first-order valence-corrected chi connectivity index (χ1v) is 43.6. The Morgan fingerprint density at radius 2 is 0.523 bits per heavy atom. The number of esters is 4. The predicted molar refractivity (Wildman–Crippen MR) is 457 cm³/mol. The van der Waals surface area contributed by atoms with E-state index in [2.05, 4.69) is 0 Å². The van der Waals surface area contributed by atoms with Crippen LogP contribution < -0.4 is 0 Å². The van der Waals surface area contributed by atoms with Crippen molar-refractivity contribution in [2.45, 2.75) is 181 Å². The van der Waals surface area contributed by atoms with Gasteiger partial charge in [0.05, 0.1) is 97.4 Å². The zero-order valence-electron chi connectivity index (χ0n) is 71.3. The number of carbonyl (C=O) groups excluding carboxylic acids is 12. The maximum atomic E-state index is 15.5. The molecular formula is C98H89FN4O28S. The summed E-state index contributed by atoms with van der Waals surface area (Å²) in [6.45, 7) is -0.172. The van der Waals surface area contributed by atoms with Crippen LogP contribution in [0.15, 0.2) is 248 Å². The van der Waals surface area contributed by atoms with Crippen molar-refractivity contribution in [1.29, 1.82) is 0 Å². The van der Waals surface area contributed by atoms with E-state index in [1.54, 1.807) is 146 Å². The van der Waals surface area contributed by atoms with E-state index >= 15 is 28.8 Å². The molecule has 8 aliphatic heterocycles. The molecule has 682 valence electrons. The van der Waals surface area contributed by atoms with Crippen LogP contribution in [0.2, 0.25) is 0 Å². The lowest BCUT2D eigenvalue weighted by molar-refractivity contribution is -0.334. The molecule has 4 saturated heterocycles. The second-order valence-electron chi connectivity index (χ2n) is 32.3. The Kier molecular flexibility index (Phi) is 27.7. The number of ether oxygens (including phenoxy) is 15.